The van der Waals surface area contributed by atoms with Crippen molar-refractivity contribution in [2.45, 2.75) is 43.8 Å². The summed E-state index contributed by atoms with van der Waals surface area (Å²) in [4.78, 5) is 44.3. The topological polar surface area (TPSA) is 121 Å². The smallest absolute Gasteiger partial charge is 0.416 e. The van der Waals surface area contributed by atoms with Gasteiger partial charge in [0.2, 0.25) is 0 Å². The molecule has 1 aromatic heterocycles. The van der Waals surface area contributed by atoms with Gasteiger partial charge in [0.25, 0.3) is 11.8 Å². The zero-order chi connectivity index (χ0) is 35.7. The van der Waals surface area contributed by atoms with Crippen LogP contribution in [-0.2, 0) is 28.0 Å². The number of carboxylic acid groups (broad SMARTS) is 1. The number of aromatic nitrogens is 1. The molecule has 0 unspecified atom stereocenters. The van der Waals surface area contributed by atoms with Crippen molar-refractivity contribution in [1.29, 1.82) is 0 Å². The van der Waals surface area contributed by atoms with Gasteiger partial charge in [0, 0.05) is 66.8 Å². The fourth-order valence-electron chi connectivity index (χ4n) is 5.61. The molecule has 0 bridgehead atoms. The number of carboxylic acids is 1. The normalized spacial score (nSPS) is 13.6. The lowest BCUT2D eigenvalue weighted by atomic mass is 10.0. The van der Waals surface area contributed by atoms with Crippen molar-refractivity contribution in [1.82, 2.24) is 10.3 Å². The number of methoxy groups -OCH3 is 1. The molecule has 0 atom stereocenters. The van der Waals surface area contributed by atoms with Crippen molar-refractivity contribution in [2.24, 2.45) is 0 Å². The number of aliphatic carboxylic acids is 1. The van der Waals surface area contributed by atoms with Crippen LogP contribution in [0.5, 0.6) is 0 Å². The third kappa shape index (κ3) is 9.85. The number of nitrogens with one attached hydrogen (secondary N) is 2. The van der Waals surface area contributed by atoms with Crippen LogP contribution in [0.2, 0.25) is 0 Å². The number of piperidine rings is 1. The highest BCUT2D eigenvalue weighted by atomic mass is 32.2. The monoisotopic (exact) mass is 706 g/mol. The third-order valence-corrected chi connectivity index (χ3v) is 9.35. The number of nitrogens with zero attached hydrogens (tertiary/aromatic N) is 2. The molecule has 2 heterocycles. The van der Waals surface area contributed by atoms with Crippen molar-refractivity contribution in [3.8, 4) is 11.3 Å². The van der Waals surface area contributed by atoms with Gasteiger partial charge in [0.05, 0.1) is 29.5 Å². The number of carbonyl (C=O) groups is 3. The van der Waals surface area contributed by atoms with Crippen molar-refractivity contribution >= 4 is 40.9 Å². The molecule has 9 nitrogen and oxygen atoms in total. The number of hydrogen-bond acceptors (Lipinski definition) is 7. The highest BCUT2D eigenvalue weighted by Crippen LogP contribution is 2.34. The fourth-order valence-corrected chi connectivity index (χ4v) is 6.49. The second-order valence-corrected chi connectivity index (χ2v) is 12.9. The maximum absolute atomic E-state index is 13.5. The number of alkyl halides is 3. The predicted octanol–water partition coefficient (Wildman–Crippen LogP) is 7.27. The Morgan fingerprint density at radius 1 is 0.940 bits per heavy atom. The van der Waals surface area contributed by atoms with Gasteiger partial charge in [-0.2, -0.15) is 24.9 Å². The number of carbonyl (C=O) groups excluding carboxylic acids is 2. The molecule has 3 aromatic carbocycles. The molecule has 2 amide bonds. The Balaban J connectivity index is 1.38. The lowest BCUT2D eigenvalue weighted by Crippen LogP contribution is -2.36. The van der Waals surface area contributed by atoms with Crippen molar-refractivity contribution in [3.63, 3.8) is 0 Å². The van der Waals surface area contributed by atoms with Crippen LogP contribution >= 0.6 is 11.8 Å². The van der Waals surface area contributed by atoms with Gasteiger partial charge in [-0.3, -0.25) is 19.4 Å². The van der Waals surface area contributed by atoms with Gasteiger partial charge in [0.15, 0.2) is 0 Å². The number of rotatable bonds is 13. The Hall–Kier alpha value is -4.88. The lowest BCUT2D eigenvalue weighted by Gasteiger charge is -2.33. The van der Waals surface area contributed by atoms with E-state index in [0.717, 1.165) is 49.3 Å². The lowest BCUT2D eigenvalue weighted by molar-refractivity contribution is -0.138. The number of hydrogen-bond donors (Lipinski definition) is 3. The molecule has 262 valence electrons. The maximum atomic E-state index is 13.5. The van der Waals surface area contributed by atoms with E-state index in [2.05, 4.69) is 20.5 Å². The van der Waals surface area contributed by atoms with E-state index in [4.69, 9.17) is 9.84 Å². The highest BCUT2D eigenvalue weighted by Gasteiger charge is 2.30. The number of benzene rings is 3. The minimum absolute atomic E-state index is 0.0563. The number of halogens is 3. The van der Waals surface area contributed by atoms with E-state index in [9.17, 15) is 27.6 Å². The minimum atomic E-state index is -4.49. The summed E-state index contributed by atoms with van der Waals surface area (Å²) in [6.07, 6.45) is -1.07. The third-order valence-electron chi connectivity index (χ3n) is 8.32. The quantitative estimate of drug-likeness (QED) is 0.124. The number of ether oxygens (including phenoxy) is 1. The summed E-state index contributed by atoms with van der Waals surface area (Å²) in [6.45, 7) is 1.43. The summed E-state index contributed by atoms with van der Waals surface area (Å²) < 4.78 is 45.1. The standard InChI is InChI=1S/C37H37F3N4O5S/c1-49-30-11-15-44(16-12-30)29-8-9-32(43-36(48)26-6-2-5-25(18-26)23-50-17-13-34(45)46)31(21-29)33-20-27(10-14-41-33)35(47)42-22-24-4-3-7-28(19-24)37(38,39)40/h2-10,14,18-21,30H,11-13,15-17,22-23H2,1H3,(H,42,47)(H,43,48)(H,45,46). The Morgan fingerprint density at radius 2 is 1.68 bits per heavy atom. The summed E-state index contributed by atoms with van der Waals surface area (Å²) in [7, 11) is 1.71. The average Bonchev–Trinajstić information content (AvgIpc) is 3.12. The van der Waals surface area contributed by atoms with Crippen LogP contribution in [0.1, 0.15) is 56.7 Å². The molecule has 0 aliphatic carbocycles. The summed E-state index contributed by atoms with van der Waals surface area (Å²) in [5.74, 6) is -0.692. The van der Waals surface area contributed by atoms with E-state index < -0.39 is 23.6 Å². The molecule has 50 heavy (non-hydrogen) atoms. The zero-order valence-corrected chi connectivity index (χ0v) is 28.2. The van der Waals surface area contributed by atoms with E-state index in [-0.39, 0.29) is 30.5 Å². The summed E-state index contributed by atoms with van der Waals surface area (Å²) in [5, 5.41) is 14.6. The molecule has 1 saturated heterocycles. The van der Waals surface area contributed by atoms with Crippen molar-refractivity contribution < 1.29 is 37.4 Å². The van der Waals surface area contributed by atoms with Crippen LogP contribution in [-0.4, -0.2) is 59.9 Å². The average molecular weight is 707 g/mol. The Bertz CT molecular complexity index is 1830. The number of amides is 2. The molecule has 5 rings (SSSR count). The van der Waals surface area contributed by atoms with Crippen molar-refractivity contribution in [3.05, 3.63) is 113 Å². The molecular weight excluding hydrogens is 669 g/mol. The SMILES string of the molecule is COC1CCN(c2ccc(NC(=O)c3cccc(CSCCC(=O)O)c3)c(-c3cc(C(=O)NCc4cccc(C(F)(F)F)c4)ccn3)c2)CC1. The zero-order valence-electron chi connectivity index (χ0n) is 27.3. The van der Waals surface area contributed by atoms with E-state index in [1.165, 1.54) is 36.2 Å². The molecule has 1 aliphatic heterocycles. The summed E-state index contributed by atoms with van der Waals surface area (Å²) in [6, 6.07) is 20.7. The molecule has 4 aromatic rings. The van der Waals surface area contributed by atoms with Crippen molar-refractivity contribution in [2.75, 3.05) is 36.2 Å². The van der Waals surface area contributed by atoms with Crippen LogP contribution in [0.15, 0.2) is 85.1 Å². The fraction of sp³-hybridized carbons (Fsp3) is 0.297. The molecule has 1 fully saturated rings. The van der Waals surface area contributed by atoms with E-state index in [1.807, 2.05) is 18.2 Å². The molecule has 3 N–H and O–H groups in total. The second kappa shape index (κ2) is 16.7. The first-order valence-corrected chi connectivity index (χ1v) is 17.2. The predicted molar refractivity (Wildman–Crippen MR) is 187 cm³/mol. The van der Waals surface area contributed by atoms with Gasteiger partial charge in [-0.25, -0.2) is 0 Å². The number of pyridine rings is 1. The summed E-state index contributed by atoms with van der Waals surface area (Å²) >= 11 is 1.47. The van der Waals surface area contributed by atoms with Gasteiger partial charge in [-0.15, -0.1) is 0 Å². The van der Waals surface area contributed by atoms with Gasteiger partial charge < -0.3 is 25.4 Å². The Morgan fingerprint density at radius 3 is 2.42 bits per heavy atom. The van der Waals surface area contributed by atoms with Crippen LogP contribution in [0, 0.1) is 0 Å². The van der Waals surface area contributed by atoms with E-state index >= 15 is 0 Å². The van der Waals surface area contributed by atoms with Gasteiger partial charge >= 0.3 is 12.1 Å². The highest BCUT2D eigenvalue weighted by molar-refractivity contribution is 7.98. The number of anilines is 2. The first kappa shape index (κ1) is 36.4. The molecule has 13 heteroatoms. The molecular formula is C37H37F3N4O5S. The van der Waals surface area contributed by atoms with Crippen LogP contribution in [0.4, 0.5) is 24.5 Å². The van der Waals surface area contributed by atoms with Gasteiger partial charge in [-0.1, -0.05) is 24.3 Å². The first-order chi connectivity index (χ1) is 24.0. The summed E-state index contributed by atoms with van der Waals surface area (Å²) in [5.41, 5.74) is 3.45. The minimum Gasteiger partial charge on any atom is -0.481 e. The number of thioether (sulfide) groups is 1. The Kier molecular flexibility index (Phi) is 12.1. The molecule has 0 saturated carbocycles. The van der Waals surface area contributed by atoms with E-state index in [1.54, 1.807) is 37.4 Å². The molecule has 0 radical (unpaired) electrons. The molecule has 0 spiro atoms. The second-order valence-electron chi connectivity index (χ2n) is 11.8. The van der Waals surface area contributed by atoms with E-state index in [0.29, 0.717) is 39.6 Å². The maximum Gasteiger partial charge on any atom is 0.416 e. The van der Waals surface area contributed by atoms with Crippen LogP contribution in [0.3, 0.4) is 0 Å². The van der Waals surface area contributed by atoms with Gasteiger partial charge in [0.1, 0.15) is 0 Å². The largest absolute Gasteiger partial charge is 0.481 e. The van der Waals surface area contributed by atoms with Crippen LogP contribution in [0.25, 0.3) is 11.3 Å². The first-order valence-electron chi connectivity index (χ1n) is 16.0. The molecule has 1 aliphatic rings. The van der Waals surface area contributed by atoms with Gasteiger partial charge in [-0.05, 0) is 78.6 Å². The van der Waals surface area contributed by atoms with Crippen LogP contribution < -0.4 is 15.5 Å². The Labute approximate surface area is 292 Å².